The van der Waals surface area contributed by atoms with Crippen LogP contribution in [0.5, 0.6) is 0 Å². The summed E-state index contributed by atoms with van der Waals surface area (Å²) in [5, 5.41) is 19.7. The maximum absolute atomic E-state index is 6.33. The van der Waals surface area contributed by atoms with Crippen molar-refractivity contribution in [3.05, 3.63) is 343 Å². The number of benzene rings is 13. The third-order valence-corrected chi connectivity index (χ3v) is 26.7. The van der Waals surface area contributed by atoms with E-state index in [2.05, 4.69) is 329 Å². The van der Waals surface area contributed by atoms with Crippen LogP contribution in [0.15, 0.2) is 329 Å². The normalized spacial score (nSPS) is 13.6. The molecule has 1 aliphatic heterocycles. The maximum atomic E-state index is 6.33. The molecule has 14 aromatic rings. The van der Waals surface area contributed by atoms with Crippen LogP contribution in [0, 0.1) is 5.92 Å². The lowest BCUT2D eigenvalue weighted by atomic mass is 9.96. The van der Waals surface area contributed by atoms with Crippen LogP contribution in [0.1, 0.15) is 41.7 Å². The summed E-state index contributed by atoms with van der Waals surface area (Å²) in [6.07, 6.45) is 4.17. The van der Waals surface area contributed by atoms with Gasteiger partial charge in [-0.3, -0.25) is 0 Å². The van der Waals surface area contributed by atoms with E-state index in [1.165, 1.54) is 91.5 Å². The fourth-order valence-electron chi connectivity index (χ4n) is 12.9. The van der Waals surface area contributed by atoms with Gasteiger partial charge in [0.2, 0.25) is 5.90 Å². The number of aryl methyl sites for hydroxylation is 4. The van der Waals surface area contributed by atoms with Gasteiger partial charge in [-0.1, -0.05) is 311 Å². The number of nitrogens with zero attached hydrogens (tertiary/aromatic N) is 2. The molecule has 0 fully saturated rings. The molecular weight excluding hydrogens is 1230 g/mol. The summed E-state index contributed by atoms with van der Waals surface area (Å²) in [5.41, 5.74) is 8.71. The first-order chi connectivity index (χ1) is 46.8. The molecule has 1 atom stereocenters. The molecule has 5 nitrogen and oxygen atoms in total. The third-order valence-electron chi connectivity index (χ3n) is 17.8. The Kier molecular flexibility index (Phi) is 19.8. The Morgan fingerprint density at radius 3 is 1.12 bits per heavy atom. The Morgan fingerprint density at radius 1 is 0.379 bits per heavy atom. The average molecular weight is 1310 g/mol. The zero-order valence-electron chi connectivity index (χ0n) is 54.1. The van der Waals surface area contributed by atoms with Crippen LogP contribution >= 0.6 is 31.9 Å². The SMILES string of the molecule is CC(C)[C@@H]1COC(c2ccccc2P(c2ccccc2)c2ccccc2)=N1.CN(C)p1oc2ccc3ccccc3c2c2c(ccc3ccccc32)o1.c1ccc(P(c2ccccc2)c2cc3ccc2CCc2ccc(c(P(c4ccccc4)c4ccccc4)c2)CC3)cc1. The summed E-state index contributed by atoms with van der Waals surface area (Å²) in [5.74, 6) is 1.28. The van der Waals surface area contributed by atoms with Crippen molar-refractivity contribution in [3.8, 4) is 0 Å². The second-order valence-electron chi connectivity index (χ2n) is 24.6. The van der Waals surface area contributed by atoms with Crippen LogP contribution in [0.2, 0.25) is 0 Å². The molecule has 1 aromatic heterocycles. The topological polar surface area (TPSA) is 51.1 Å². The molecule has 0 saturated carbocycles. The predicted molar refractivity (Wildman–Crippen MR) is 413 cm³/mol. The van der Waals surface area contributed by atoms with Gasteiger partial charge in [-0.05, 0) is 165 Å². The first-order valence-electron chi connectivity index (χ1n) is 32.9. The van der Waals surface area contributed by atoms with E-state index < -0.39 is 31.9 Å². The van der Waals surface area contributed by atoms with E-state index >= 15 is 0 Å². The average Bonchev–Trinajstić information content (AvgIpc) is 1.76. The number of hydrogen-bond acceptors (Lipinski definition) is 5. The fourth-order valence-corrected chi connectivity index (χ4v) is 21.5. The number of hydrogen-bond donors (Lipinski definition) is 0. The molecule has 4 aliphatic carbocycles. The minimum absolute atomic E-state index is 0.243. The molecule has 9 heteroatoms. The molecule has 2 heterocycles. The lowest BCUT2D eigenvalue weighted by Crippen LogP contribution is -2.26. The second-order valence-corrected chi connectivity index (χ2v) is 32.8. The van der Waals surface area contributed by atoms with Gasteiger partial charge in [-0.15, -0.1) is 0 Å². The van der Waals surface area contributed by atoms with Gasteiger partial charge in [-0.2, -0.15) is 0 Å². The molecule has 95 heavy (non-hydrogen) atoms. The largest absolute Gasteiger partial charge is 0.475 e. The van der Waals surface area contributed by atoms with Crippen LogP contribution in [-0.4, -0.2) is 32.6 Å². The van der Waals surface area contributed by atoms with E-state index in [1.807, 2.05) is 18.8 Å². The second kappa shape index (κ2) is 29.7. The van der Waals surface area contributed by atoms with Crippen LogP contribution in [0.4, 0.5) is 0 Å². The van der Waals surface area contributed by atoms with Crippen molar-refractivity contribution in [2.45, 2.75) is 45.6 Å². The highest BCUT2D eigenvalue weighted by Crippen LogP contribution is 2.43. The number of aliphatic imine (C=N–C) groups is 1. The molecule has 0 spiro atoms. The lowest BCUT2D eigenvalue weighted by Gasteiger charge is -2.26. The number of rotatable bonds is 12. The number of ether oxygens (including phenoxy) is 1. The van der Waals surface area contributed by atoms with Crippen molar-refractivity contribution >= 4 is 129 Å². The summed E-state index contributed by atoms with van der Waals surface area (Å²) in [6, 6.07) is 115. The van der Waals surface area contributed by atoms with E-state index in [0.717, 1.165) is 59.1 Å². The molecule has 468 valence electrons. The highest BCUT2D eigenvalue weighted by atomic mass is 31.1. The summed E-state index contributed by atoms with van der Waals surface area (Å²) in [7, 11) is 0.828. The quantitative estimate of drug-likeness (QED) is 0.114. The molecule has 0 saturated heterocycles. The smallest absolute Gasteiger partial charge is 0.309 e. The summed E-state index contributed by atoms with van der Waals surface area (Å²) < 4.78 is 20.7. The summed E-state index contributed by atoms with van der Waals surface area (Å²) in [6.45, 7) is 5.08. The maximum Gasteiger partial charge on any atom is 0.309 e. The standard InChI is InChI=1S/C40H34P2.C24H24NOP.C22H18NO2P/c1-5-13-35(14-6-1)41(36-15-7-2-8-16-36)39-29-31-21-25-33(39)27-23-32-22-26-34(28-24-31)40(30-32)42(37-17-9-3-10-18-37)38-19-11-4-12-20-38;1-18(2)22-17-26-24(25-22)21-15-9-10-16-23(21)27(19-11-5-3-6-12-19)20-13-7-4-8-14-20;1-23(2)26-24-19-13-11-15-7-3-5-9-17(15)21(19)22-18-10-6-4-8-16(18)12-14-20(22)25-26/h1-22,25-26,29-30H,23-24,27-28H2;3-16,18,22H,17H2,1-2H3;3-14H,1-2H3/t;22-;/m.0./s1. The van der Waals surface area contributed by atoms with Crippen molar-refractivity contribution < 1.29 is 13.1 Å². The number of fused-ring (bicyclic) bond motifs is 7. The molecule has 13 aromatic carbocycles. The predicted octanol–water partition coefficient (Wildman–Crippen LogP) is 18.1. The van der Waals surface area contributed by atoms with Crippen molar-refractivity contribution in [1.29, 1.82) is 0 Å². The summed E-state index contributed by atoms with van der Waals surface area (Å²) in [4.78, 5) is 4.89. The van der Waals surface area contributed by atoms with Crippen LogP contribution in [0.3, 0.4) is 0 Å². The van der Waals surface area contributed by atoms with Crippen molar-refractivity contribution in [1.82, 2.24) is 0 Å². The summed E-state index contributed by atoms with van der Waals surface area (Å²) >= 11 is 0. The van der Waals surface area contributed by atoms with E-state index in [-0.39, 0.29) is 6.04 Å². The van der Waals surface area contributed by atoms with Gasteiger partial charge in [0.05, 0.1) is 6.04 Å². The van der Waals surface area contributed by atoms with Crippen molar-refractivity contribution in [2.24, 2.45) is 10.9 Å². The molecule has 4 bridgehead atoms. The third kappa shape index (κ3) is 14.2. The molecule has 0 unspecified atom stereocenters. The van der Waals surface area contributed by atoms with Gasteiger partial charge in [0.1, 0.15) is 17.8 Å². The first-order valence-corrected chi connectivity index (χ1v) is 38.1. The van der Waals surface area contributed by atoms with Crippen molar-refractivity contribution in [3.63, 3.8) is 0 Å². The van der Waals surface area contributed by atoms with Gasteiger partial charge < -0.3 is 13.1 Å². The van der Waals surface area contributed by atoms with Gasteiger partial charge >= 0.3 is 8.16 Å². The molecule has 5 aliphatic rings. The van der Waals surface area contributed by atoms with E-state index in [0.29, 0.717) is 12.5 Å². The molecule has 19 rings (SSSR count). The van der Waals surface area contributed by atoms with Crippen LogP contribution in [0.25, 0.3) is 43.5 Å². The van der Waals surface area contributed by atoms with Gasteiger partial charge in [0, 0.05) is 30.4 Å². The Balaban J connectivity index is 0.000000128. The first kappa shape index (κ1) is 63.4. The van der Waals surface area contributed by atoms with E-state index in [4.69, 9.17) is 18.1 Å². The Labute approximate surface area is 563 Å². The minimum Gasteiger partial charge on any atom is -0.475 e. The Bertz CT molecular complexity index is 4640. The Hall–Kier alpha value is -9.00. The molecule has 0 radical (unpaired) electrons. The molecule has 0 amide bonds. The van der Waals surface area contributed by atoms with E-state index in [1.54, 1.807) is 0 Å². The van der Waals surface area contributed by atoms with Crippen LogP contribution in [-0.2, 0) is 30.4 Å². The fraction of sp³-hybridized carbons (Fsp3) is 0.128. The lowest BCUT2D eigenvalue weighted by molar-refractivity contribution is 0.292. The minimum atomic E-state index is -1.21. The van der Waals surface area contributed by atoms with Gasteiger partial charge in [0.25, 0.3) is 0 Å². The monoisotopic (exact) mass is 1310 g/mol. The molecule has 0 N–H and O–H groups in total. The zero-order chi connectivity index (χ0) is 64.5. The Morgan fingerprint density at radius 2 is 0.737 bits per heavy atom. The van der Waals surface area contributed by atoms with Gasteiger partial charge in [-0.25, -0.2) is 9.66 Å². The highest BCUT2D eigenvalue weighted by Gasteiger charge is 2.29. The van der Waals surface area contributed by atoms with Gasteiger partial charge in [0.15, 0.2) is 0 Å². The van der Waals surface area contributed by atoms with Crippen LogP contribution < -0.4 is 52.4 Å². The highest BCUT2D eigenvalue weighted by molar-refractivity contribution is 7.80. The van der Waals surface area contributed by atoms with E-state index in [9.17, 15) is 0 Å². The van der Waals surface area contributed by atoms with Crippen molar-refractivity contribution in [2.75, 3.05) is 25.4 Å². The zero-order valence-corrected chi connectivity index (χ0v) is 57.7. The molecular formula is C86H76N2O3P4.